The standard InChI is InChI=1S/C23H27N3O4S2/c1-4-26-20-12-9-18(30-3)14-21(20)31-23(26)24-22(27)17-6-5-13-25(15-17)32(28,29)19-10-7-16(2)8-11-19/h7-12,14,17H,4-6,13,15H2,1-3H3. The smallest absolute Gasteiger partial charge is 0.252 e. The third-order valence-corrected chi connectivity index (χ3v) is 8.72. The molecule has 3 aromatic rings. The van der Waals surface area contributed by atoms with Gasteiger partial charge in [-0.3, -0.25) is 4.79 Å². The molecule has 1 amide bonds. The highest BCUT2D eigenvalue weighted by atomic mass is 32.2. The Bertz CT molecular complexity index is 1310. The molecule has 0 saturated carbocycles. The van der Waals surface area contributed by atoms with Gasteiger partial charge in [-0.2, -0.15) is 9.30 Å². The van der Waals surface area contributed by atoms with E-state index in [2.05, 4.69) is 4.99 Å². The highest BCUT2D eigenvalue weighted by molar-refractivity contribution is 7.89. The van der Waals surface area contributed by atoms with Crippen LogP contribution in [0.4, 0.5) is 0 Å². The molecule has 1 aliphatic rings. The van der Waals surface area contributed by atoms with E-state index in [9.17, 15) is 13.2 Å². The number of carbonyl (C=O) groups is 1. The zero-order valence-corrected chi connectivity index (χ0v) is 20.1. The number of rotatable bonds is 5. The summed E-state index contributed by atoms with van der Waals surface area (Å²) in [5, 5.41) is 0. The number of piperidine rings is 1. The Morgan fingerprint density at radius 1 is 1.22 bits per heavy atom. The first-order valence-electron chi connectivity index (χ1n) is 10.7. The Balaban J connectivity index is 1.61. The van der Waals surface area contributed by atoms with Gasteiger partial charge in [0.2, 0.25) is 10.0 Å². The zero-order chi connectivity index (χ0) is 22.9. The summed E-state index contributed by atoms with van der Waals surface area (Å²) in [7, 11) is -2.01. The summed E-state index contributed by atoms with van der Waals surface area (Å²) in [6.45, 7) is 5.18. The molecule has 1 saturated heterocycles. The van der Waals surface area contributed by atoms with Crippen LogP contribution in [0.15, 0.2) is 52.4 Å². The molecule has 1 unspecified atom stereocenters. The van der Waals surface area contributed by atoms with Crippen LogP contribution >= 0.6 is 11.3 Å². The topological polar surface area (TPSA) is 81.0 Å². The van der Waals surface area contributed by atoms with Crippen LogP contribution in [0.25, 0.3) is 10.2 Å². The van der Waals surface area contributed by atoms with Crippen LogP contribution in [-0.2, 0) is 21.4 Å². The van der Waals surface area contributed by atoms with Crippen LogP contribution in [-0.4, -0.2) is 43.4 Å². The van der Waals surface area contributed by atoms with Crippen LogP contribution in [0.3, 0.4) is 0 Å². The number of ether oxygens (including phenoxy) is 1. The Morgan fingerprint density at radius 2 is 1.97 bits per heavy atom. The molecule has 0 spiro atoms. The van der Waals surface area contributed by atoms with Gasteiger partial charge < -0.3 is 9.30 Å². The first-order valence-corrected chi connectivity index (χ1v) is 12.9. The third-order valence-electron chi connectivity index (χ3n) is 5.80. The average molecular weight is 474 g/mol. The molecule has 0 bridgehead atoms. The maximum atomic E-state index is 13.1. The molecule has 7 nitrogen and oxygen atoms in total. The molecule has 170 valence electrons. The molecular weight excluding hydrogens is 446 g/mol. The van der Waals surface area contributed by atoms with Crippen molar-refractivity contribution in [2.45, 2.75) is 38.1 Å². The Kier molecular flexibility index (Phi) is 6.50. The number of carbonyl (C=O) groups excluding carboxylic acids is 1. The molecule has 1 fully saturated rings. The Morgan fingerprint density at radius 3 is 2.66 bits per heavy atom. The quantitative estimate of drug-likeness (QED) is 0.567. The van der Waals surface area contributed by atoms with E-state index in [1.54, 1.807) is 31.4 Å². The number of sulfonamides is 1. The predicted molar refractivity (Wildman–Crippen MR) is 125 cm³/mol. The van der Waals surface area contributed by atoms with Gasteiger partial charge in [0.25, 0.3) is 5.91 Å². The summed E-state index contributed by atoms with van der Waals surface area (Å²) in [5.41, 5.74) is 2.00. The molecule has 32 heavy (non-hydrogen) atoms. The lowest BCUT2D eigenvalue weighted by atomic mass is 9.99. The van der Waals surface area contributed by atoms with E-state index >= 15 is 0 Å². The van der Waals surface area contributed by atoms with Gasteiger partial charge in [-0.05, 0) is 57.0 Å². The number of nitrogens with zero attached hydrogens (tertiary/aromatic N) is 3. The molecule has 0 radical (unpaired) electrons. The highest BCUT2D eigenvalue weighted by Gasteiger charge is 2.33. The summed E-state index contributed by atoms with van der Waals surface area (Å²) in [6, 6.07) is 12.6. The highest BCUT2D eigenvalue weighted by Crippen LogP contribution is 2.26. The van der Waals surface area contributed by atoms with Gasteiger partial charge in [-0.1, -0.05) is 29.0 Å². The van der Waals surface area contributed by atoms with E-state index in [4.69, 9.17) is 4.74 Å². The lowest BCUT2D eigenvalue weighted by Gasteiger charge is -2.30. The predicted octanol–water partition coefficient (Wildman–Crippen LogP) is 3.57. The van der Waals surface area contributed by atoms with Crippen molar-refractivity contribution < 1.29 is 17.9 Å². The van der Waals surface area contributed by atoms with Gasteiger partial charge in [0.1, 0.15) is 5.75 Å². The van der Waals surface area contributed by atoms with E-state index < -0.39 is 15.9 Å². The third kappa shape index (κ3) is 4.37. The second-order valence-corrected chi connectivity index (χ2v) is 10.9. The number of fused-ring (bicyclic) bond motifs is 1. The first kappa shape index (κ1) is 22.7. The molecular formula is C23H27N3O4S2. The monoisotopic (exact) mass is 473 g/mol. The van der Waals surface area contributed by atoms with E-state index in [0.29, 0.717) is 30.7 Å². The molecule has 0 aliphatic carbocycles. The second-order valence-electron chi connectivity index (χ2n) is 7.93. The number of amides is 1. The lowest BCUT2D eigenvalue weighted by molar-refractivity contribution is -0.122. The molecule has 2 heterocycles. The van der Waals surface area contributed by atoms with E-state index in [0.717, 1.165) is 21.5 Å². The van der Waals surface area contributed by atoms with Crippen LogP contribution in [0.1, 0.15) is 25.3 Å². The van der Waals surface area contributed by atoms with Gasteiger partial charge in [0.15, 0.2) is 4.80 Å². The number of benzene rings is 2. The largest absolute Gasteiger partial charge is 0.497 e. The average Bonchev–Trinajstić information content (AvgIpc) is 3.15. The normalized spacial score (nSPS) is 18.2. The fraction of sp³-hybridized carbons (Fsp3) is 0.391. The summed E-state index contributed by atoms with van der Waals surface area (Å²) >= 11 is 1.44. The van der Waals surface area contributed by atoms with Crippen molar-refractivity contribution in [2.24, 2.45) is 10.9 Å². The van der Waals surface area contributed by atoms with Crippen LogP contribution in [0.2, 0.25) is 0 Å². The van der Waals surface area contributed by atoms with Gasteiger partial charge in [-0.15, -0.1) is 0 Å². The maximum Gasteiger partial charge on any atom is 0.252 e. The molecule has 2 aromatic carbocycles. The van der Waals surface area contributed by atoms with E-state index in [1.165, 1.54) is 15.6 Å². The number of thiazole rings is 1. The van der Waals surface area contributed by atoms with Crippen molar-refractivity contribution in [3.05, 3.63) is 52.8 Å². The molecule has 1 aliphatic heterocycles. The number of methoxy groups -OCH3 is 1. The van der Waals surface area contributed by atoms with Crippen LogP contribution < -0.4 is 9.54 Å². The fourth-order valence-corrected chi connectivity index (χ4v) is 6.63. The number of aromatic nitrogens is 1. The van der Waals surface area contributed by atoms with Gasteiger partial charge in [-0.25, -0.2) is 8.42 Å². The summed E-state index contributed by atoms with van der Waals surface area (Å²) in [4.78, 5) is 18.4. The first-order chi connectivity index (χ1) is 15.3. The Hall–Kier alpha value is -2.49. The summed E-state index contributed by atoms with van der Waals surface area (Å²) < 4.78 is 35.9. The molecule has 1 aromatic heterocycles. The SMILES string of the molecule is CCn1c(=NC(=O)C2CCCN(S(=O)(=O)c3ccc(C)cc3)C2)sc2cc(OC)ccc21. The van der Waals surface area contributed by atoms with E-state index in [-0.39, 0.29) is 17.3 Å². The summed E-state index contributed by atoms with van der Waals surface area (Å²) in [6.07, 6.45) is 1.27. The number of hydrogen-bond acceptors (Lipinski definition) is 5. The van der Waals surface area contributed by atoms with Gasteiger partial charge >= 0.3 is 0 Å². The maximum absolute atomic E-state index is 13.1. The molecule has 0 N–H and O–H groups in total. The second kappa shape index (κ2) is 9.17. The lowest BCUT2D eigenvalue weighted by Crippen LogP contribution is -2.42. The van der Waals surface area contributed by atoms with E-state index in [1.807, 2.05) is 36.6 Å². The van der Waals surface area contributed by atoms with Crippen LogP contribution in [0.5, 0.6) is 5.75 Å². The minimum Gasteiger partial charge on any atom is -0.497 e. The van der Waals surface area contributed by atoms with Crippen molar-refractivity contribution >= 4 is 37.5 Å². The zero-order valence-electron chi connectivity index (χ0n) is 18.4. The molecule has 1 atom stereocenters. The van der Waals surface area contributed by atoms with Crippen LogP contribution in [0, 0.1) is 12.8 Å². The molecule has 9 heteroatoms. The van der Waals surface area contributed by atoms with Gasteiger partial charge in [0.05, 0.1) is 28.1 Å². The number of hydrogen-bond donors (Lipinski definition) is 0. The van der Waals surface area contributed by atoms with Crippen molar-refractivity contribution in [1.29, 1.82) is 0 Å². The Labute approximate surface area is 192 Å². The summed E-state index contributed by atoms with van der Waals surface area (Å²) in [5.74, 6) is 0.0349. The minimum atomic E-state index is -3.64. The van der Waals surface area contributed by atoms with Crippen molar-refractivity contribution in [3.8, 4) is 5.75 Å². The van der Waals surface area contributed by atoms with Crippen molar-refractivity contribution in [3.63, 3.8) is 0 Å². The number of aryl methyl sites for hydroxylation is 2. The van der Waals surface area contributed by atoms with Crippen molar-refractivity contribution in [1.82, 2.24) is 8.87 Å². The minimum absolute atomic E-state index is 0.156. The fourth-order valence-electron chi connectivity index (χ4n) is 3.98. The molecule has 4 rings (SSSR count). The van der Waals surface area contributed by atoms with Gasteiger partial charge in [0, 0.05) is 19.6 Å². The van der Waals surface area contributed by atoms with Crippen molar-refractivity contribution in [2.75, 3.05) is 20.2 Å².